The van der Waals surface area contributed by atoms with Crippen LogP contribution < -0.4 is 5.73 Å². The Labute approximate surface area is 117 Å². The Morgan fingerprint density at radius 3 is 2.70 bits per heavy atom. The van der Waals surface area contributed by atoms with Crippen molar-refractivity contribution < 1.29 is 19.1 Å². The highest BCUT2D eigenvalue weighted by Crippen LogP contribution is 2.22. The lowest BCUT2D eigenvalue weighted by Crippen LogP contribution is -2.31. The van der Waals surface area contributed by atoms with E-state index in [1.807, 2.05) is 24.3 Å². The number of alkyl halides is 1. The molecule has 2 rings (SSSR count). The fourth-order valence-corrected chi connectivity index (χ4v) is 2.20. The van der Waals surface area contributed by atoms with E-state index in [2.05, 4.69) is 5.16 Å². The van der Waals surface area contributed by atoms with Gasteiger partial charge in [-0.2, -0.15) is 0 Å². The van der Waals surface area contributed by atoms with Crippen molar-refractivity contribution in [3.63, 3.8) is 0 Å². The van der Waals surface area contributed by atoms with Crippen molar-refractivity contribution in [2.75, 3.05) is 20.4 Å². The maximum atomic E-state index is 12.7. The highest BCUT2D eigenvalue weighted by molar-refractivity contribution is 6.01. The first-order valence-corrected chi connectivity index (χ1v) is 6.47. The van der Waals surface area contributed by atoms with Gasteiger partial charge < -0.3 is 20.4 Å². The van der Waals surface area contributed by atoms with Crippen molar-refractivity contribution in [3.05, 3.63) is 35.4 Å². The first-order valence-electron chi connectivity index (χ1n) is 6.47. The second-order valence-electron chi connectivity index (χ2n) is 4.75. The van der Waals surface area contributed by atoms with Gasteiger partial charge in [0.25, 0.3) is 0 Å². The summed E-state index contributed by atoms with van der Waals surface area (Å²) < 4.78 is 17.9. The largest absolute Gasteiger partial charge is 0.392 e. The van der Waals surface area contributed by atoms with Crippen LogP contribution in [-0.2, 0) is 9.57 Å². The summed E-state index contributed by atoms with van der Waals surface area (Å²) in [7, 11) is 1.51. The van der Waals surface area contributed by atoms with Gasteiger partial charge in [0, 0.05) is 13.5 Å². The number of halogens is 1. The third kappa shape index (κ3) is 3.15. The normalized spacial score (nSPS) is 21.2. The molecule has 1 aromatic rings. The monoisotopic (exact) mass is 282 g/mol. The number of hydrogen-bond acceptors (Lipinski definition) is 5. The molecule has 0 amide bonds. The third-order valence-electron chi connectivity index (χ3n) is 3.33. The number of aliphatic hydroxyl groups is 1. The van der Waals surface area contributed by atoms with E-state index in [0.717, 1.165) is 16.8 Å². The number of methoxy groups -OCH3 is 1. The molecule has 1 aliphatic rings. The van der Waals surface area contributed by atoms with Gasteiger partial charge in [0.15, 0.2) is 6.10 Å². The Balaban J connectivity index is 2.10. The summed E-state index contributed by atoms with van der Waals surface area (Å²) in [5, 5.41) is 12.9. The zero-order valence-electron chi connectivity index (χ0n) is 11.3. The fraction of sp³-hybridized carbons (Fsp3) is 0.500. The van der Waals surface area contributed by atoms with Crippen molar-refractivity contribution in [1.82, 2.24) is 0 Å². The van der Waals surface area contributed by atoms with Crippen LogP contribution in [-0.4, -0.2) is 43.4 Å². The number of oxime groups is 1. The standard InChI is InChI=1S/C14H19FN2O3/c1-19-14(12(16)7-15)10-4-2-9(3-5-10)13-6-11(8-18)20-17-13/h2-5,11-12,14,18H,6-8,16H2,1H3. The van der Waals surface area contributed by atoms with Crippen LogP contribution in [0.5, 0.6) is 0 Å². The Morgan fingerprint density at radius 2 is 2.20 bits per heavy atom. The van der Waals surface area contributed by atoms with Gasteiger partial charge in [-0.3, -0.25) is 0 Å². The molecule has 0 aliphatic carbocycles. The third-order valence-corrected chi connectivity index (χ3v) is 3.33. The molecule has 0 spiro atoms. The second-order valence-corrected chi connectivity index (χ2v) is 4.75. The Bertz CT molecular complexity index is 464. The van der Waals surface area contributed by atoms with Crippen molar-refractivity contribution in [3.8, 4) is 0 Å². The lowest BCUT2D eigenvalue weighted by molar-refractivity contribution is 0.0390. The summed E-state index contributed by atoms with van der Waals surface area (Å²) >= 11 is 0. The van der Waals surface area contributed by atoms with Crippen molar-refractivity contribution in [1.29, 1.82) is 0 Å². The van der Waals surface area contributed by atoms with Crippen LogP contribution in [0.4, 0.5) is 4.39 Å². The SMILES string of the molecule is COC(c1ccc(C2=NOC(CO)C2)cc1)C(N)CF. The van der Waals surface area contributed by atoms with Gasteiger partial charge >= 0.3 is 0 Å². The van der Waals surface area contributed by atoms with Crippen molar-refractivity contribution in [2.45, 2.75) is 24.7 Å². The highest BCUT2D eigenvalue weighted by Gasteiger charge is 2.22. The van der Waals surface area contributed by atoms with Crippen LogP contribution in [0.1, 0.15) is 23.7 Å². The summed E-state index contributed by atoms with van der Waals surface area (Å²) in [4.78, 5) is 5.07. The summed E-state index contributed by atoms with van der Waals surface area (Å²) in [5.41, 5.74) is 8.21. The molecule has 110 valence electrons. The maximum Gasteiger partial charge on any atom is 0.156 e. The number of rotatable bonds is 6. The molecule has 0 fully saturated rings. The predicted octanol–water partition coefficient (Wildman–Crippen LogP) is 1.16. The minimum absolute atomic E-state index is 0.0534. The van der Waals surface area contributed by atoms with Gasteiger partial charge in [-0.05, 0) is 11.1 Å². The molecule has 3 unspecified atom stereocenters. The molecule has 0 saturated carbocycles. The Hall–Kier alpha value is -1.50. The fourth-order valence-electron chi connectivity index (χ4n) is 2.20. The van der Waals surface area contributed by atoms with E-state index in [4.69, 9.17) is 20.4 Å². The van der Waals surface area contributed by atoms with Gasteiger partial charge in [0.1, 0.15) is 6.67 Å². The molecule has 0 radical (unpaired) electrons. The lowest BCUT2D eigenvalue weighted by atomic mass is 9.99. The number of hydrogen-bond donors (Lipinski definition) is 2. The molecule has 6 heteroatoms. The first-order chi connectivity index (χ1) is 9.69. The van der Waals surface area contributed by atoms with E-state index >= 15 is 0 Å². The molecule has 1 heterocycles. The molecule has 1 aliphatic heterocycles. The summed E-state index contributed by atoms with van der Waals surface area (Å²) in [6, 6.07) is 6.74. The minimum Gasteiger partial charge on any atom is -0.392 e. The smallest absolute Gasteiger partial charge is 0.156 e. The Kier molecular flexibility index (Phi) is 5.05. The number of nitrogens with zero attached hydrogens (tertiary/aromatic N) is 1. The number of aliphatic hydroxyl groups excluding tert-OH is 1. The average Bonchev–Trinajstić information content (AvgIpc) is 2.97. The highest BCUT2D eigenvalue weighted by atomic mass is 19.1. The van der Waals surface area contributed by atoms with E-state index in [1.54, 1.807) is 0 Å². The molecule has 0 saturated heterocycles. The number of benzene rings is 1. The maximum absolute atomic E-state index is 12.7. The minimum atomic E-state index is -0.684. The Morgan fingerprint density at radius 1 is 1.50 bits per heavy atom. The van der Waals surface area contributed by atoms with E-state index < -0.39 is 18.8 Å². The van der Waals surface area contributed by atoms with Gasteiger partial charge in [0.2, 0.25) is 0 Å². The zero-order valence-corrected chi connectivity index (χ0v) is 11.3. The topological polar surface area (TPSA) is 77.1 Å². The van der Waals surface area contributed by atoms with E-state index in [1.165, 1.54) is 7.11 Å². The van der Waals surface area contributed by atoms with Crippen LogP contribution in [0.3, 0.4) is 0 Å². The van der Waals surface area contributed by atoms with E-state index in [-0.39, 0.29) is 12.7 Å². The van der Waals surface area contributed by atoms with Gasteiger partial charge in [-0.25, -0.2) is 4.39 Å². The first kappa shape index (κ1) is 14.9. The summed E-state index contributed by atoms with van der Waals surface area (Å²) in [6.07, 6.45) is -0.162. The van der Waals surface area contributed by atoms with Gasteiger partial charge in [-0.1, -0.05) is 29.4 Å². The molecule has 0 bridgehead atoms. The van der Waals surface area contributed by atoms with E-state index in [9.17, 15) is 4.39 Å². The zero-order chi connectivity index (χ0) is 14.5. The molecule has 3 N–H and O–H groups in total. The molecule has 20 heavy (non-hydrogen) atoms. The lowest BCUT2D eigenvalue weighted by Gasteiger charge is -2.20. The average molecular weight is 282 g/mol. The van der Waals surface area contributed by atoms with Gasteiger partial charge in [-0.15, -0.1) is 0 Å². The van der Waals surface area contributed by atoms with E-state index in [0.29, 0.717) is 6.42 Å². The van der Waals surface area contributed by atoms with Crippen LogP contribution in [0.15, 0.2) is 29.4 Å². The van der Waals surface area contributed by atoms with Gasteiger partial charge in [0.05, 0.1) is 24.5 Å². The molecule has 0 aromatic heterocycles. The molecular weight excluding hydrogens is 263 g/mol. The molecular formula is C14H19FN2O3. The number of ether oxygens (including phenoxy) is 1. The number of nitrogens with two attached hydrogens (primary N) is 1. The van der Waals surface area contributed by atoms with Crippen LogP contribution in [0.2, 0.25) is 0 Å². The van der Waals surface area contributed by atoms with Crippen molar-refractivity contribution >= 4 is 5.71 Å². The van der Waals surface area contributed by atoms with Crippen LogP contribution in [0, 0.1) is 0 Å². The molecule has 1 aromatic carbocycles. The molecule has 3 atom stereocenters. The predicted molar refractivity (Wildman–Crippen MR) is 73.3 cm³/mol. The second kappa shape index (κ2) is 6.78. The van der Waals surface area contributed by atoms with Crippen molar-refractivity contribution in [2.24, 2.45) is 10.9 Å². The van der Waals surface area contributed by atoms with Crippen LogP contribution >= 0.6 is 0 Å². The summed E-state index contributed by atoms with van der Waals surface area (Å²) in [6.45, 7) is -0.693. The van der Waals surface area contributed by atoms with Crippen LogP contribution in [0.25, 0.3) is 0 Å². The quantitative estimate of drug-likeness (QED) is 0.820. The molecule has 5 nitrogen and oxygen atoms in total. The summed E-state index contributed by atoms with van der Waals surface area (Å²) in [5.74, 6) is 0.